The minimum absolute atomic E-state index is 0.195. The van der Waals surface area contributed by atoms with Crippen molar-refractivity contribution < 1.29 is 28.3 Å². The molecule has 0 radical (unpaired) electrons. The molecule has 1 aromatic heterocycles. The molecule has 0 N–H and O–H groups in total. The van der Waals surface area contributed by atoms with Crippen LogP contribution in [0.4, 0.5) is 0 Å². The van der Waals surface area contributed by atoms with Crippen LogP contribution in [-0.2, 0) is 19.5 Å². The number of hydrogen-bond acceptors (Lipinski definition) is 9. The molecule has 0 saturated carbocycles. The van der Waals surface area contributed by atoms with Gasteiger partial charge in [-0.1, -0.05) is 54.6 Å². The first-order valence-electron chi connectivity index (χ1n) is 14.6. The number of ether oxygens (including phenoxy) is 5. The third kappa shape index (κ3) is 7.12. The maximum atomic E-state index is 5.91. The van der Waals surface area contributed by atoms with Gasteiger partial charge in [-0.25, -0.2) is 4.63 Å². The molecule has 9 heteroatoms. The predicted octanol–water partition coefficient (Wildman–Crippen LogP) is 6.95. The third-order valence-electron chi connectivity index (χ3n) is 7.53. The van der Waals surface area contributed by atoms with Crippen LogP contribution in [0.3, 0.4) is 0 Å². The highest BCUT2D eigenvalue weighted by Gasteiger charge is 2.20. The van der Waals surface area contributed by atoms with E-state index in [1.54, 1.807) is 14.2 Å². The van der Waals surface area contributed by atoms with Gasteiger partial charge in [0.2, 0.25) is 0 Å². The van der Waals surface area contributed by atoms with Crippen LogP contribution in [0.5, 0.6) is 34.8 Å². The summed E-state index contributed by atoms with van der Waals surface area (Å²) in [4.78, 5) is 2.47. The van der Waals surface area contributed by atoms with Gasteiger partial charge in [0.05, 0.1) is 27.4 Å². The fourth-order valence-corrected chi connectivity index (χ4v) is 5.22. The van der Waals surface area contributed by atoms with E-state index in [9.17, 15) is 0 Å². The summed E-state index contributed by atoms with van der Waals surface area (Å²) in [6.45, 7) is 3.69. The molecular weight excluding hydrogens is 558 g/mol. The highest BCUT2D eigenvalue weighted by molar-refractivity contribution is 5.64. The largest absolute Gasteiger partial charge is 0.493 e. The predicted molar refractivity (Wildman–Crippen MR) is 166 cm³/mol. The van der Waals surface area contributed by atoms with E-state index in [1.807, 2.05) is 42.5 Å². The first-order valence-corrected chi connectivity index (χ1v) is 14.6. The fraction of sp³-hybridized carbons (Fsp3) is 0.257. The summed E-state index contributed by atoms with van der Waals surface area (Å²) in [6.07, 6.45) is 1.66. The Morgan fingerprint density at radius 2 is 1.36 bits per heavy atom. The molecule has 9 nitrogen and oxygen atoms in total. The van der Waals surface area contributed by atoms with E-state index in [2.05, 4.69) is 63.7 Å². The molecular formula is C35H35N3O6. The van der Waals surface area contributed by atoms with Crippen molar-refractivity contribution >= 4 is 0 Å². The molecule has 0 bridgehead atoms. The summed E-state index contributed by atoms with van der Waals surface area (Å²) < 4.78 is 33.0. The second-order valence-electron chi connectivity index (χ2n) is 10.5. The van der Waals surface area contributed by atoms with Crippen LogP contribution in [0.25, 0.3) is 11.1 Å². The summed E-state index contributed by atoms with van der Waals surface area (Å²) >= 11 is 0. The van der Waals surface area contributed by atoms with Gasteiger partial charge in [0.25, 0.3) is 0 Å². The molecule has 226 valence electrons. The number of methoxy groups -OCH3 is 2. The Morgan fingerprint density at radius 3 is 2.09 bits per heavy atom. The van der Waals surface area contributed by atoms with Crippen LogP contribution < -0.4 is 23.7 Å². The Bertz CT molecular complexity index is 1640. The molecule has 6 rings (SSSR count). The Balaban J connectivity index is 0.951. The molecule has 44 heavy (non-hydrogen) atoms. The van der Waals surface area contributed by atoms with Crippen molar-refractivity contribution in [2.24, 2.45) is 0 Å². The lowest BCUT2D eigenvalue weighted by atomic mass is 9.98. The van der Waals surface area contributed by atoms with Crippen molar-refractivity contribution in [2.75, 3.05) is 34.0 Å². The Morgan fingerprint density at radius 1 is 0.705 bits per heavy atom. The Kier molecular flexibility index (Phi) is 9.23. The second-order valence-corrected chi connectivity index (χ2v) is 10.5. The molecule has 5 aromatic rings. The normalized spacial score (nSPS) is 12.8. The van der Waals surface area contributed by atoms with E-state index < -0.39 is 0 Å². The zero-order valence-electron chi connectivity index (χ0n) is 24.9. The van der Waals surface area contributed by atoms with Crippen LogP contribution in [0.1, 0.15) is 23.1 Å². The number of fused-ring (bicyclic) bond motifs is 1. The molecule has 0 spiro atoms. The lowest BCUT2D eigenvalue weighted by Crippen LogP contribution is -2.30. The molecule has 0 saturated heterocycles. The van der Waals surface area contributed by atoms with E-state index in [1.165, 1.54) is 22.3 Å². The Labute approximate surface area is 256 Å². The molecule has 2 heterocycles. The monoisotopic (exact) mass is 593 g/mol. The Hall–Kier alpha value is -5.02. The summed E-state index contributed by atoms with van der Waals surface area (Å²) in [5, 5.41) is 7.54. The first-order chi connectivity index (χ1) is 21.7. The zero-order chi connectivity index (χ0) is 30.1. The van der Waals surface area contributed by atoms with Gasteiger partial charge in [-0.15, -0.1) is 0 Å². The number of rotatable bonds is 13. The average Bonchev–Trinajstić information content (AvgIpc) is 3.51. The van der Waals surface area contributed by atoms with Crippen molar-refractivity contribution in [1.29, 1.82) is 0 Å². The molecule has 4 aromatic carbocycles. The van der Waals surface area contributed by atoms with Gasteiger partial charge >= 0.3 is 11.8 Å². The minimum atomic E-state index is 0.195. The minimum Gasteiger partial charge on any atom is -0.493 e. The number of nitrogens with zero attached hydrogens (tertiary/aromatic N) is 3. The second kappa shape index (κ2) is 14.0. The summed E-state index contributed by atoms with van der Waals surface area (Å²) in [7, 11) is 3.37. The van der Waals surface area contributed by atoms with Crippen molar-refractivity contribution in [1.82, 2.24) is 15.2 Å². The molecule has 0 fully saturated rings. The van der Waals surface area contributed by atoms with Gasteiger partial charge < -0.3 is 23.7 Å². The molecule has 1 aliphatic rings. The van der Waals surface area contributed by atoms with E-state index in [-0.39, 0.29) is 11.8 Å². The van der Waals surface area contributed by atoms with Crippen LogP contribution in [0.2, 0.25) is 0 Å². The summed E-state index contributed by atoms with van der Waals surface area (Å²) in [5.41, 5.74) is 6.24. The summed E-state index contributed by atoms with van der Waals surface area (Å²) in [5.74, 6) is 3.43. The maximum Gasteiger partial charge on any atom is 0.325 e. The maximum absolute atomic E-state index is 5.91. The quantitative estimate of drug-likeness (QED) is 0.135. The van der Waals surface area contributed by atoms with Crippen LogP contribution in [0, 0.1) is 0 Å². The zero-order valence-corrected chi connectivity index (χ0v) is 24.9. The van der Waals surface area contributed by atoms with Gasteiger partial charge in [-0.2, -0.15) is 0 Å². The van der Waals surface area contributed by atoms with Gasteiger partial charge in [-0.05, 0) is 80.9 Å². The fourth-order valence-electron chi connectivity index (χ4n) is 5.22. The van der Waals surface area contributed by atoms with Crippen LogP contribution in [0.15, 0.2) is 95.6 Å². The molecule has 1 aliphatic heterocycles. The van der Waals surface area contributed by atoms with Gasteiger partial charge in [0.15, 0.2) is 11.5 Å². The highest BCUT2D eigenvalue weighted by Crippen LogP contribution is 2.34. The van der Waals surface area contributed by atoms with Crippen LogP contribution >= 0.6 is 0 Å². The van der Waals surface area contributed by atoms with Crippen molar-refractivity contribution in [3.8, 4) is 45.9 Å². The van der Waals surface area contributed by atoms with Crippen molar-refractivity contribution in [3.05, 3.63) is 108 Å². The van der Waals surface area contributed by atoms with Gasteiger partial charge in [0, 0.05) is 26.1 Å². The molecule has 0 amide bonds. The van der Waals surface area contributed by atoms with Crippen molar-refractivity contribution in [2.45, 2.75) is 25.9 Å². The molecule has 0 atom stereocenters. The number of hydrogen-bond donors (Lipinski definition) is 0. The van der Waals surface area contributed by atoms with Gasteiger partial charge in [-0.3, -0.25) is 4.90 Å². The van der Waals surface area contributed by atoms with E-state index in [0.29, 0.717) is 25.4 Å². The highest BCUT2D eigenvalue weighted by atomic mass is 16.6. The standard InChI is InChI=1S/C35H35N3O6/c1-39-32-21-28-17-18-38(24-29(28)22-33(32)40-2)23-25-9-11-26(12-10-25)27-13-15-30(16-14-27)41-19-6-20-42-34-35(37-44-36-34)43-31-7-4-3-5-8-31/h3-5,7-16,21-22H,6,17-20,23-24H2,1-2H3. The lowest BCUT2D eigenvalue weighted by Gasteiger charge is -2.29. The summed E-state index contributed by atoms with van der Waals surface area (Å²) in [6, 6.07) is 30.4. The van der Waals surface area contributed by atoms with Crippen LogP contribution in [-0.4, -0.2) is 49.2 Å². The smallest absolute Gasteiger partial charge is 0.325 e. The van der Waals surface area contributed by atoms with E-state index >= 15 is 0 Å². The SMILES string of the molecule is COc1cc2c(cc1OC)CN(Cc1ccc(-c3ccc(OCCCOc4nonc4Oc4ccccc4)cc3)cc1)CC2. The molecule has 0 aliphatic carbocycles. The average molecular weight is 594 g/mol. The van der Waals surface area contributed by atoms with Crippen molar-refractivity contribution in [3.63, 3.8) is 0 Å². The third-order valence-corrected chi connectivity index (χ3v) is 7.53. The van der Waals surface area contributed by atoms with E-state index in [0.717, 1.165) is 48.9 Å². The van der Waals surface area contributed by atoms with E-state index in [4.69, 9.17) is 28.3 Å². The number of aromatic nitrogens is 2. The molecule has 0 unspecified atom stereocenters. The van der Waals surface area contributed by atoms with Gasteiger partial charge in [0.1, 0.15) is 11.5 Å². The topological polar surface area (TPSA) is 88.3 Å². The first kappa shape index (κ1) is 29.1. The lowest BCUT2D eigenvalue weighted by molar-refractivity contribution is 0.225. The number of benzene rings is 4. The number of para-hydroxylation sites is 1.